The molecule has 0 aliphatic carbocycles. The Hall–Kier alpha value is -3.25. The second kappa shape index (κ2) is 7.29. The smallest absolute Gasteiger partial charge is 0.261 e. The predicted octanol–water partition coefficient (Wildman–Crippen LogP) is 3.28. The maximum absolute atomic E-state index is 13.1. The number of pyridine rings is 1. The second-order valence-corrected chi connectivity index (χ2v) is 7.37. The van der Waals surface area contributed by atoms with Crippen LogP contribution in [-0.4, -0.2) is 32.8 Å². The van der Waals surface area contributed by atoms with E-state index in [1.165, 1.54) is 0 Å². The summed E-state index contributed by atoms with van der Waals surface area (Å²) in [5.41, 5.74) is 2.67. The number of anilines is 1. The van der Waals surface area contributed by atoms with Crippen LogP contribution in [-0.2, 0) is 6.54 Å². The summed E-state index contributed by atoms with van der Waals surface area (Å²) in [6.45, 7) is 1.03. The van der Waals surface area contributed by atoms with E-state index in [2.05, 4.69) is 16.0 Å². The van der Waals surface area contributed by atoms with E-state index in [4.69, 9.17) is 4.98 Å². The number of rotatable bonds is 4. The first-order valence-corrected chi connectivity index (χ1v) is 9.98. The molecule has 1 atom stereocenters. The van der Waals surface area contributed by atoms with Crippen LogP contribution < -0.4 is 10.5 Å². The normalized spacial score (nSPS) is 16.7. The summed E-state index contributed by atoms with van der Waals surface area (Å²) in [5.74, 6) is 0.723. The van der Waals surface area contributed by atoms with Gasteiger partial charge in [0.1, 0.15) is 5.82 Å². The van der Waals surface area contributed by atoms with Crippen LogP contribution in [0.5, 0.6) is 0 Å². The molecule has 6 nitrogen and oxygen atoms in total. The maximum Gasteiger partial charge on any atom is 0.261 e. The van der Waals surface area contributed by atoms with E-state index in [0.717, 1.165) is 41.8 Å². The van der Waals surface area contributed by atoms with Gasteiger partial charge >= 0.3 is 0 Å². The van der Waals surface area contributed by atoms with Gasteiger partial charge in [0.25, 0.3) is 5.56 Å². The summed E-state index contributed by atoms with van der Waals surface area (Å²) in [6, 6.07) is 17.5. The molecule has 1 N–H and O–H groups in total. The van der Waals surface area contributed by atoms with Crippen molar-refractivity contribution in [3.8, 4) is 0 Å². The van der Waals surface area contributed by atoms with Crippen LogP contribution >= 0.6 is 0 Å². The molecular weight excluding hydrogens is 364 g/mol. The maximum atomic E-state index is 13.1. The van der Waals surface area contributed by atoms with Gasteiger partial charge in [-0.3, -0.25) is 14.3 Å². The summed E-state index contributed by atoms with van der Waals surface area (Å²) >= 11 is 0. The van der Waals surface area contributed by atoms with Crippen molar-refractivity contribution in [2.45, 2.75) is 25.4 Å². The Morgan fingerprint density at radius 1 is 1.00 bits per heavy atom. The van der Waals surface area contributed by atoms with Crippen LogP contribution in [0.25, 0.3) is 21.8 Å². The average Bonchev–Trinajstić information content (AvgIpc) is 3.25. The van der Waals surface area contributed by atoms with E-state index < -0.39 is 0 Å². The molecule has 1 unspecified atom stereocenters. The molecule has 6 heteroatoms. The number of aliphatic hydroxyl groups is 1. The van der Waals surface area contributed by atoms with Gasteiger partial charge in [0.15, 0.2) is 0 Å². The molecule has 1 aliphatic rings. The van der Waals surface area contributed by atoms with E-state index in [0.29, 0.717) is 10.9 Å². The lowest BCUT2D eigenvalue weighted by atomic mass is 10.1. The molecule has 1 aliphatic heterocycles. The first-order chi connectivity index (χ1) is 14.3. The summed E-state index contributed by atoms with van der Waals surface area (Å²) in [5, 5.41) is 11.3. The Kier molecular flexibility index (Phi) is 4.48. The van der Waals surface area contributed by atoms with Crippen LogP contribution in [0, 0.1) is 0 Å². The molecule has 0 radical (unpaired) electrons. The Balaban J connectivity index is 1.69. The molecule has 0 amide bonds. The molecule has 29 heavy (non-hydrogen) atoms. The van der Waals surface area contributed by atoms with Gasteiger partial charge < -0.3 is 10.0 Å². The van der Waals surface area contributed by atoms with Crippen LogP contribution in [0.2, 0.25) is 0 Å². The average molecular weight is 386 g/mol. The van der Waals surface area contributed by atoms with Crippen LogP contribution in [0.1, 0.15) is 24.7 Å². The summed E-state index contributed by atoms with van der Waals surface area (Å²) < 4.78 is 1.65. The van der Waals surface area contributed by atoms with E-state index >= 15 is 0 Å². The topological polar surface area (TPSA) is 71.2 Å². The highest BCUT2D eigenvalue weighted by atomic mass is 16.3. The van der Waals surface area contributed by atoms with Gasteiger partial charge in [0.2, 0.25) is 0 Å². The zero-order chi connectivity index (χ0) is 19.8. The standard InChI is InChI=1S/C23H22N4O2/c28-15-14-27-22(25-19-9-4-2-7-17(19)23(27)29)21-10-5-13-26(21)20-11-12-24-18-8-3-1-6-16(18)20/h1-4,6-9,11-12,21,28H,5,10,13-15H2. The molecule has 0 bridgehead atoms. The summed E-state index contributed by atoms with van der Waals surface area (Å²) in [6.07, 6.45) is 3.76. The third-order valence-electron chi connectivity index (χ3n) is 5.70. The first kappa shape index (κ1) is 17.8. The summed E-state index contributed by atoms with van der Waals surface area (Å²) in [4.78, 5) is 24.8. The zero-order valence-corrected chi connectivity index (χ0v) is 16.0. The van der Waals surface area contributed by atoms with Gasteiger partial charge in [-0.05, 0) is 37.1 Å². The molecule has 0 saturated carbocycles. The third kappa shape index (κ3) is 2.96. The molecule has 1 saturated heterocycles. The van der Waals surface area contributed by atoms with Gasteiger partial charge in [-0.25, -0.2) is 4.98 Å². The minimum atomic E-state index is -0.0994. The second-order valence-electron chi connectivity index (χ2n) is 7.37. The van der Waals surface area contributed by atoms with E-state index in [1.54, 1.807) is 10.6 Å². The van der Waals surface area contributed by atoms with E-state index in [-0.39, 0.29) is 24.8 Å². The summed E-state index contributed by atoms with van der Waals surface area (Å²) in [7, 11) is 0. The van der Waals surface area contributed by atoms with Gasteiger partial charge in [-0.1, -0.05) is 30.3 Å². The van der Waals surface area contributed by atoms with Crippen LogP contribution in [0.4, 0.5) is 5.69 Å². The fourth-order valence-corrected chi connectivity index (χ4v) is 4.41. The molecule has 3 heterocycles. The third-order valence-corrected chi connectivity index (χ3v) is 5.70. The lowest BCUT2D eigenvalue weighted by Crippen LogP contribution is -2.33. The van der Waals surface area contributed by atoms with Gasteiger partial charge in [0.05, 0.1) is 35.6 Å². The largest absolute Gasteiger partial charge is 0.395 e. The number of aromatic nitrogens is 3. The number of fused-ring (bicyclic) bond motifs is 2. The first-order valence-electron chi connectivity index (χ1n) is 9.98. The highest BCUT2D eigenvalue weighted by molar-refractivity contribution is 5.91. The van der Waals surface area contributed by atoms with Crippen molar-refractivity contribution in [2.75, 3.05) is 18.1 Å². The van der Waals surface area contributed by atoms with Crippen LogP contribution in [0.3, 0.4) is 0 Å². The van der Waals surface area contributed by atoms with Crippen molar-refractivity contribution in [3.05, 3.63) is 77.0 Å². The number of benzene rings is 2. The molecule has 146 valence electrons. The van der Waals surface area contributed by atoms with Crippen molar-refractivity contribution in [1.82, 2.24) is 14.5 Å². The quantitative estimate of drug-likeness (QED) is 0.583. The van der Waals surface area contributed by atoms with Crippen molar-refractivity contribution < 1.29 is 5.11 Å². The van der Waals surface area contributed by atoms with Gasteiger partial charge in [-0.2, -0.15) is 0 Å². The molecule has 4 aromatic rings. The minimum Gasteiger partial charge on any atom is -0.395 e. The van der Waals surface area contributed by atoms with Crippen molar-refractivity contribution in [2.24, 2.45) is 0 Å². The van der Waals surface area contributed by atoms with Gasteiger partial charge in [-0.15, -0.1) is 0 Å². The van der Waals surface area contributed by atoms with Crippen molar-refractivity contribution >= 4 is 27.5 Å². The molecule has 2 aromatic heterocycles. The van der Waals surface area contributed by atoms with Crippen LogP contribution in [0.15, 0.2) is 65.6 Å². The predicted molar refractivity (Wildman–Crippen MR) is 114 cm³/mol. The highest BCUT2D eigenvalue weighted by Gasteiger charge is 2.31. The molecular formula is C23H22N4O2. The number of hydrogen-bond acceptors (Lipinski definition) is 5. The van der Waals surface area contributed by atoms with E-state index in [9.17, 15) is 9.90 Å². The van der Waals surface area contributed by atoms with Crippen molar-refractivity contribution in [1.29, 1.82) is 0 Å². The zero-order valence-electron chi connectivity index (χ0n) is 16.0. The number of para-hydroxylation sites is 2. The lowest BCUT2D eigenvalue weighted by Gasteiger charge is -2.29. The molecule has 2 aromatic carbocycles. The monoisotopic (exact) mass is 386 g/mol. The minimum absolute atomic E-state index is 0.0235. The van der Waals surface area contributed by atoms with Gasteiger partial charge in [0, 0.05) is 23.8 Å². The lowest BCUT2D eigenvalue weighted by molar-refractivity contribution is 0.270. The SMILES string of the molecule is O=c1c2ccccc2nc(C2CCCN2c2ccnc3ccccc23)n1CCO. The Labute approximate surface area is 168 Å². The molecule has 0 spiro atoms. The Bertz CT molecular complexity index is 1250. The van der Waals surface area contributed by atoms with E-state index in [1.807, 2.05) is 48.7 Å². The fourth-order valence-electron chi connectivity index (χ4n) is 4.41. The number of hydrogen-bond donors (Lipinski definition) is 1. The fraction of sp³-hybridized carbons (Fsp3) is 0.261. The molecule has 1 fully saturated rings. The number of aliphatic hydroxyl groups excluding tert-OH is 1. The molecule has 5 rings (SSSR count). The Morgan fingerprint density at radius 2 is 1.76 bits per heavy atom. The Morgan fingerprint density at radius 3 is 2.59 bits per heavy atom. The number of nitrogens with zero attached hydrogens (tertiary/aromatic N) is 4. The van der Waals surface area contributed by atoms with Crippen molar-refractivity contribution in [3.63, 3.8) is 0 Å². The highest BCUT2D eigenvalue weighted by Crippen LogP contribution is 2.38.